The van der Waals surface area contributed by atoms with Gasteiger partial charge in [0.2, 0.25) is 0 Å². The van der Waals surface area contributed by atoms with Gasteiger partial charge in [0.15, 0.2) is 6.61 Å². The maximum atomic E-state index is 11.9. The molecule has 0 aliphatic heterocycles. The van der Waals surface area contributed by atoms with Crippen LogP contribution in [0.15, 0.2) is 51.0 Å². The number of hydrogen-bond donors (Lipinski definition) is 1. The maximum Gasteiger partial charge on any atom is 0.437 e. The Labute approximate surface area is 158 Å². The van der Waals surface area contributed by atoms with Crippen molar-refractivity contribution in [3.63, 3.8) is 0 Å². The van der Waals surface area contributed by atoms with Gasteiger partial charge in [-0.05, 0) is 30.0 Å². The van der Waals surface area contributed by atoms with Crippen LogP contribution in [0.3, 0.4) is 0 Å². The minimum Gasteiger partial charge on any atom is -0.456 e. The first kappa shape index (κ1) is 18.6. The van der Waals surface area contributed by atoms with Gasteiger partial charge in [-0.2, -0.15) is 4.68 Å². The molecule has 0 atom stereocenters. The SMILES string of the molecule is Cc1ccccc1NC(=O)COC(=O)CCn1nc(-c2cccs2)oc1=O. The minimum atomic E-state index is -0.650. The second kappa shape index (κ2) is 8.45. The average molecular weight is 387 g/mol. The third kappa shape index (κ3) is 4.91. The zero-order chi connectivity index (χ0) is 19.2. The number of rotatable bonds is 7. The van der Waals surface area contributed by atoms with Gasteiger partial charge >= 0.3 is 11.7 Å². The third-order valence-corrected chi connectivity index (χ3v) is 4.51. The lowest BCUT2D eigenvalue weighted by Crippen LogP contribution is -2.23. The first-order valence-corrected chi connectivity index (χ1v) is 9.04. The number of carbonyl (C=O) groups is 2. The van der Waals surface area contributed by atoms with Gasteiger partial charge in [-0.3, -0.25) is 9.59 Å². The summed E-state index contributed by atoms with van der Waals surface area (Å²) in [7, 11) is 0. The molecule has 1 aromatic carbocycles. The summed E-state index contributed by atoms with van der Waals surface area (Å²) in [6.45, 7) is 1.47. The molecule has 3 rings (SSSR count). The van der Waals surface area contributed by atoms with Crippen molar-refractivity contribution in [2.24, 2.45) is 0 Å². The van der Waals surface area contributed by atoms with Gasteiger partial charge in [-0.1, -0.05) is 24.3 Å². The Morgan fingerprint density at radius 1 is 1.26 bits per heavy atom. The molecule has 0 aliphatic carbocycles. The van der Waals surface area contributed by atoms with E-state index < -0.39 is 24.2 Å². The van der Waals surface area contributed by atoms with Gasteiger partial charge in [0.1, 0.15) is 0 Å². The van der Waals surface area contributed by atoms with Gasteiger partial charge in [0.25, 0.3) is 11.8 Å². The topological polar surface area (TPSA) is 103 Å². The van der Waals surface area contributed by atoms with Crippen LogP contribution >= 0.6 is 11.3 Å². The summed E-state index contributed by atoms with van der Waals surface area (Å²) in [5.74, 6) is -1.48. The molecular weight excluding hydrogens is 370 g/mol. The summed E-state index contributed by atoms with van der Waals surface area (Å²) in [5.41, 5.74) is 1.57. The second-order valence-electron chi connectivity index (χ2n) is 5.65. The first-order valence-electron chi connectivity index (χ1n) is 8.16. The molecule has 3 aromatic rings. The van der Waals surface area contributed by atoms with Crippen LogP contribution in [0.4, 0.5) is 5.69 Å². The lowest BCUT2D eigenvalue weighted by atomic mass is 10.2. The first-order chi connectivity index (χ1) is 13.0. The van der Waals surface area contributed by atoms with E-state index in [0.29, 0.717) is 5.69 Å². The highest BCUT2D eigenvalue weighted by molar-refractivity contribution is 7.13. The van der Waals surface area contributed by atoms with Crippen molar-refractivity contribution in [3.05, 3.63) is 57.9 Å². The van der Waals surface area contributed by atoms with Crippen molar-refractivity contribution < 1.29 is 18.7 Å². The summed E-state index contributed by atoms with van der Waals surface area (Å²) < 4.78 is 11.1. The number of carbonyl (C=O) groups excluding carboxylic acids is 2. The van der Waals surface area contributed by atoms with Crippen LogP contribution in [0.5, 0.6) is 0 Å². The quantitative estimate of drug-likeness (QED) is 0.625. The Hall–Kier alpha value is -3.20. The molecule has 2 heterocycles. The van der Waals surface area contributed by atoms with Crippen LogP contribution in [-0.4, -0.2) is 28.3 Å². The molecule has 8 nitrogen and oxygen atoms in total. The van der Waals surface area contributed by atoms with Crippen molar-refractivity contribution >= 4 is 28.9 Å². The summed E-state index contributed by atoms with van der Waals surface area (Å²) in [4.78, 5) is 36.2. The standard InChI is InChI=1S/C18H17N3O5S/c1-12-5-2-3-6-13(12)19-15(22)11-25-16(23)8-9-21-18(24)26-17(20-21)14-7-4-10-27-14/h2-7,10H,8-9,11H2,1H3,(H,19,22). The van der Waals surface area contributed by atoms with E-state index in [-0.39, 0.29) is 18.9 Å². The van der Waals surface area contributed by atoms with Gasteiger partial charge in [-0.25, -0.2) is 4.79 Å². The number of benzene rings is 1. The number of hydrogen-bond acceptors (Lipinski definition) is 7. The number of amides is 1. The number of aryl methyl sites for hydroxylation is 2. The Balaban J connectivity index is 1.47. The van der Waals surface area contributed by atoms with E-state index in [1.165, 1.54) is 11.3 Å². The Bertz CT molecular complexity index is 991. The molecule has 0 saturated heterocycles. The smallest absolute Gasteiger partial charge is 0.437 e. The Kier molecular flexibility index (Phi) is 5.82. The fourth-order valence-corrected chi connectivity index (χ4v) is 2.91. The molecule has 0 spiro atoms. The van der Waals surface area contributed by atoms with Crippen LogP contribution in [0.25, 0.3) is 10.8 Å². The van der Waals surface area contributed by atoms with Gasteiger partial charge in [0, 0.05) is 5.69 Å². The lowest BCUT2D eigenvalue weighted by Gasteiger charge is -2.08. The fraction of sp³-hybridized carbons (Fsp3) is 0.222. The molecule has 0 saturated carbocycles. The molecule has 1 N–H and O–H groups in total. The van der Waals surface area contributed by atoms with Crippen molar-refractivity contribution in [1.82, 2.24) is 9.78 Å². The van der Waals surface area contributed by atoms with Crippen molar-refractivity contribution in [1.29, 1.82) is 0 Å². The number of nitrogens with one attached hydrogen (secondary N) is 1. The van der Waals surface area contributed by atoms with Gasteiger partial charge in [0.05, 0.1) is 17.8 Å². The fourth-order valence-electron chi connectivity index (χ4n) is 2.26. The summed E-state index contributed by atoms with van der Waals surface area (Å²) in [6.07, 6.45) is -0.103. The Morgan fingerprint density at radius 3 is 2.81 bits per heavy atom. The lowest BCUT2D eigenvalue weighted by molar-refractivity contribution is -0.147. The van der Waals surface area contributed by atoms with Crippen molar-refractivity contribution in [2.75, 3.05) is 11.9 Å². The number of ether oxygens (including phenoxy) is 1. The van der Waals surface area contributed by atoms with E-state index in [0.717, 1.165) is 15.1 Å². The van der Waals surface area contributed by atoms with Crippen LogP contribution in [0.1, 0.15) is 12.0 Å². The van der Waals surface area contributed by atoms with Crippen LogP contribution in [0, 0.1) is 6.92 Å². The number of aromatic nitrogens is 2. The molecule has 0 unspecified atom stereocenters. The van der Waals surface area contributed by atoms with Crippen LogP contribution in [-0.2, 0) is 20.9 Å². The predicted octanol–water partition coefficient (Wildman–Crippen LogP) is 2.45. The zero-order valence-corrected chi connectivity index (χ0v) is 15.3. The number of para-hydroxylation sites is 1. The minimum absolute atomic E-state index is 0.00591. The predicted molar refractivity (Wildman–Crippen MR) is 99.5 cm³/mol. The Morgan fingerprint density at radius 2 is 2.07 bits per heavy atom. The maximum absolute atomic E-state index is 11.9. The van der Waals surface area contributed by atoms with E-state index >= 15 is 0 Å². The average Bonchev–Trinajstić information content (AvgIpc) is 3.30. The largest absolute Gasteiger partial charge is 0.456 e. The number of nitrogens with zero attached hydrogens (tertiary/aromatic N) is 2. The van der Waals surface area contributed by atoms with Gasteiger partial charge < -0.3 is 14.5 Å². The monoisotopic (exact) mass is 387 g/mol. The van der Waals surface area contributed by atoms with E-state index in [1.807, 2.05) is 30.5 Å². The molecule has 0 bridgehead atoms. The zero-order valence-electron chi connectivity index (χ0n) is 14.5. The molecule has 0 fully saturated rings. The molecule has 2 aromatic heterocycles. The number of esters is 1. The molecular formula is C18H17N3O5S. The van der Waals surface area contributed by atoms with Crippen molar-refractivity contribution in [2.45, 2.75) is 19.9 Å². The van der Waals surface area contributed by atoms with Crippen molar-refractivity contribution in [3.8, 4) is 10.8 Å². The molecule has 0 aliphatic rings. The molecule has 0 radical (unpaired) electrons. The van der Waals surface area contributed by atoms with Gasteiger partial charge in [-0.15, -0.1) is 16.4 Å². The molecule has 1 amide bonds. The summed E-state index contributed by atoms with van der Waals surface area (Å²) in [6, 6.07) is 10.9. The number of thiophene rings is 1. The van der Waals surface area contributed by atoms with Crippen LogP contribution < -0.4 is 11.1 Å². The third-order valence-electron chi connectivity index (χ3n) is 3.65. The highest BCUT2D eigenvalue weighted by atomic mass is 32.1. The normalized spacial score (nSPS) is 10.6. The van der Waals surface area contributed by atoms with Crippen LogP contribution in [0.2, 0.25) is 0 Å². The van der Waals surface area contributed by atoms with E-state index in [1.54, 1.807) is 18.2 Å². The molecule has 27 heavy (non-hydrogen) atoms. The summed E-state index contributed by atoms with van der Waals surface area (Å²) >= 11 is 1.39. The van der Waals surface area contributed by atoms with E-state index in [9.17, 15) is 14.4 Å². The summed E-state index contributed by atoms with van der Waals surface area (Å²) in [5, 5.41) is 8.56. The number of anilines is 1. The highest BCUT2D eigenvalue weighted by Crippen LogP contribution is 2.21. The molecule has 9 heteroatoms. The highest BCUT2D eigenvalue weighted by Gasteiger charge is 2.14. The van der Waals surface area contributed by atoms with E-state index in [4.69, 9.17) is 9.15 Å². The second-order valence-corrected chi connectivity index (χ2v) is 6.60. The van der Waals surface area contributed by atoms with E-state index in [2.05, 4.69) is 10.4 Å². The molecule has 140 valence electrons.